The van der Waals surface area contributed by atoms with Gasteiger partial charge in [-0.05, 0) is 83.2 Å². The number of nitro groups is 1. The molecule has 0 saturated carbocycles. The van der Waals surface area contributed by atoms with E-state index in [0.717, 1.165) is 0 Å². The van der Waals surface area contributed by atoms with Crippen molar-refractivity contribution in [2.45, 2.75) is 192 Å². The van der Waals surface area contributed by atoms with E-state index in [4.69, 9.17) is 28.7 Å². The van der Waals surface area contributed by atoms with Crippen LogP contribution >= 0.6 is 0 Å². The molecule has 9 amide bonds. The second kappa shape index (κ2) is 36.5. The summed E-state index contributed by atoms with van der Waals surface area (Å²) in [5.74, 6) is -9.18. The van der Waals surface area contributed by atoms with Gasteiger partial charge in [-0.2, -0.15) is 0 Å². The maximum atomic E-state index is 14.4. The molecular weight excluding hydrogens is 1020 g/mol. The predicted octanol–water partition coefficient (Wildman–Crippen LogP) is -1.66. The smallest absolute Gasteiger partial charge is 0.303 e. The van der Waals surface area contributed by atoms with Crippen LogP contribution in [0.1, 0.15) is 137 Å². The summed E-state index contributed by atoms with van der Waals surface area (Å²) in [6, 6.07) is -6.52. The predicted molar refractivity (Wildman–Crippen MR) is 289 cm³/mol. The van der Waals surface area contributed by atoms with Crippen molar-refractivity contribution in [3.8, 4) is 0 Å². The van der Waals surface area contributed by atoms with Crippen LogP contribution in [0.15, 0.2) is 29.3 Å². The summed E-state index contributed by atoms with van der Waals surface area (Å²) >= 11 is 0. The molecule has 0 aliphatic rings. The number of non-ortho nitro benzene ring substituents is 1. The Hall–Kier alpha value is -7.49. The third-order valence-corrected chi connectivity index (χ3v) is 12.2. The fourth-order valence-electron chi connectivity index (χ4n) is 7.67. The van der Waals surface area contributed by atoms with Crippen molar-refractivity contribution in [3.63, 3.8) is 0 Å². The molecule has 19 N–H and O–H groups in total. The molecule has 9 atom stereocenters. The summed E-state index contributed by atoms with van der Waals surface area (Å²) < 4.78 is 0. The number of primary amides is 1. The zero-order valence-electron chi connectivity index (χ0n) is 45.7. The van der Waals surface area contributed by atoms with Crippen molar-refractivity contribution >= 4 is 70.8 Å². The van der Waals surface area contributed by atoms with Gasteiger partial charge in [-0.3, -0.25) is 63.1 Å². The molecule has 0 spiro atoms. The number of nitro benzene ring substituents is 1. The van der Waals surface area contributed by atoms with Gasteiger partial charge < -0.3 is 76.3 Å². The average Bonchev–Trinajstić information content (AvgIpc) is 3.37. The van der Waals surface area contributed by atoms with Crippen LogP contribution in [-0.2, 0) is 54.4 Å². The Balaban J connectivity index is 3.60. The minimum atomic E-state index is -1.61. The number of hydrogen-bond acceptors (Lipinski definition) is 15. The maximum absolute atomic E-state index is 14.4. The third kappa shape index (κ3) is 27.0. The number of guanidine groups is 1. The van der Waals surface area contributed by atoms with Crippen molar-refractivity contribution in [1.82, 2.24) is 42.5 Å². The van der Waals surface area contributed by atoms with E-state index < -0.39 is 131 Å². The number of benzene rings is 1. The Labute approximate surface area is 455 Å². The number of carbonyl (C=O) groups is 10. The number of hydrogen-bond donors (Lipinski definition) is 14. The molecular formula is C50H85N15O13. The lowest BCUT2D eigenvalue weighted by molar-refractivity contribution is -0.384. The highest BCUT2D eigenvalue weighted by atomic mass is 16.6. The van der Waals surface area contributed by atoms with E-state index in [1.54, 1.807) is 13.8 Å². The van der Waals surface area contributed by atoms with Crippen LogP contribution in [0, 0.1) is 16.0 Å². The van der Waals surface area contributed by atoms with Gasteiger partial charge in [0.05, 0.1) is 11.0 Å². The normalized spacial score (nSPS) is 14.5. The van der Waals surface area contributed by atoms with Crippen LogP contribution in [0.2, 0.25) is 0 Å². The fourth-order valence-corrected chi connectivity index (χ4v) is 7.67. The SMILES string of the molecule is CCCC[C@H](NC(=O)[C@H](C)NC(=O)[C@H](CCC(=O)O)NC(=O)[C@H](Cc1ccc([N+](=O)[O-])cc1)NC(=O)[C@H](CCCC)NC(=O)[C@H](CC(C)C)NC(=O)[C@H](CCCN=C(N)N)NC(=O)[C@H](C)NC(=O)[C@@H](N)CCCCN)C(N)=O. The van der Waals surface area contributed by atoms with Crippen molar-refractivity contribution in [2.24, 2.45) is 39.6 Å². The molecule has 0 aliphatic carbocycles. The molecule has 0 aromatic heterocycles. The molecule has 1 aromatic rings. The summed E-state index contributed by atoms with van der Waals surface area (Å²) in [4.78, 5) is 149. The summed E-state index contributed by atoms with van der Waals surface area (Å²) in [5, 5.41) is 41.5. The lowest BCUT2D eigenvalue weighted by Gasteiger charge is -2.28. The number of nitrogens with one attached hydrogen (secondary N) is 8. The van der Waals surface area contributed by atoms with Gasteiger partial charge in [0.15, 0.2) is 5.96 Å². The van der Waals surface area contributed by atoms with E-state index in [9.17, 15) is 63.2 Å². The number of rotatable bonds is 39. The van der Waals surface area contributed by atoms with Gasteiger partial charge in [0, 0.05) is 31.5 Å². The Morgan fingerprint density at radius 1 is 0.564 bits per heavy atom. The number of nitrogens with zero attached hydrogens (tertiary/aromatic N) is 2. The highest BCUT2D eigenvalue weighted by molar-refractivity contribution is 5.98. The molecule has 0 saturated heterocycles. The van der Waals surface area contributed by atoms with Crippen molar-refractivity contribution in [2.75, 3.05) is 13.1 Å². The van der Waals surface area contributed by atoms with E-state index in [2.05, 4.69) is 47.5 Å². The molecule has 1 aromatic carbocycles. The summed E-state index contributed by atoms with van der Waals surface area (Å²) in [7, 11) is 0. The number of carboxylic acid groups (broad SMARTS) is 1. The highest BCUT2D eigenvalue weighted by Gasteiger charge is 2.35. The second-order valence-electron chi connectivity index (χ2n) is 19.5. The zero-order chi connectivity index (χ0) is 59.1. The first-order valence-corrected chi connectivity index (χ1v) is 26.4. The molecule has 0 radical (unpaired) electrons. The standard InChI is InChI=1S/C50H85N15O13/c1-7-9-15-34(41(53)68)59-42(69)30(6)58-45(72)37(22-23-40(66)67)62-49(76)39(27-31-18-20-32(21-19-31)65(77)78)64-46(73)35(16-10-8-2)61-48(75)38(26-28(3)4)63-47(74)36(17-13-25-56-50(54)55)60-43(70)29(5)57-44(71)33(52)14-11-12-24-51/h18-21,28-30,33-39H,7-17,22-27,51-52H2,1-6H3,(H2,53,68)(H,57,71)(H,58,72)(H,59,69)(H,60,70)(H,61,75)(H,62,76)(H,63,74)(H,64,73)(H,66,67)(H4,54,55,56)/t29-,30-,33-,34-,35-,36-,37-,38-,39-/m0/s1. The van der Waals surface area contributed by atoms with Gasteiger partial charge in [-0.15, -0.1) is 0 Å². The lowest BCUT2D eigenvalue weighted by atomic mass is 10.00. The first kappa shape index (κ1) is 68.5. The quantitative estimate of drug-likeness (QED) is 0.0115. The minimum absolute atomic E-state index is 0.0185. The molecule has 438 valence electrons. The van der Waals surface area contributed by atoms with Gasteiger partial charge in [0.25, 0.3) is 5.69 Å². The molecule has 0 aliphatic heterocycles. The Kier molecular flexibility index (Phi) is 32.1. The lowest BCUT2D eigenvalue weighted by Crippen LogP contribution is -2.60. The molecule has 1 rings (SSSR count). The molecule has 0 heterocycles. The van der Waals surface area contributed by atoms with Gasteiger partial charge in [0.2, 0.25) is 53.2 Å². The van der Waals surface area contributed by atoms with Crippen molar-refractivity contribution in [1.29, 1.82) is 0 Å². The molecule has 28 heteroatoms. The number of carbonyl (C=O) groups excluding carboxylic acids is 9. The molecule has 0 unspecified atom stereocenters. The van der Waals surface area contributed by atoms with Crippen LogP contribution in [-0.4, -0.2) is 143 Å². The number of aliphatic imine (C=N–C) groups is 1. The third-order valence-electron chi connectivity index (χ3n) is 12.2. The van der Waals surface area contributed by atoms with Crippen LogP contribution in [0.5, 0.6) is 0 Å². The Morgan fingerprint density at radius 3 is 1.49 bits per heavy atom. The van der Waals surface area contributed by atoms with Crippen molar-refractivity contribution in [3.05, 3.63) is 39.9 Å². The van der Waals surface area contributed by atoms with Crippen LogP contribution < -0.4 is 71.2 Å². The van der Waals surface area contributed by atoms with Crippen LogP contribution in [0.4, 0.5) is 5.69 Å². The van der Waals surface area contributed by atoms with Gasteiger partial charge >= 0.3 is 5.97 Å². The van der Waals surface area contributed by atoms with E-state index in [-0.39, 0.29) is 62.6 Å². The largest absolute Gasteiger partial charge is 0.481 e. The van der Waals surface area contributed by atoms with Crippen molar-refractivity contribution < 1.29 is 58.0 Å². The summed E-state index contributed by atoms with van der Waals surface area (Å²) in [5.41, 5.74) is 28.0. The second-order valence-corrected chi connectivity index (χ2v) is 19.5. The van der Waals surface area contributed by atoms with E-state index in [1.807, 2.05) is 13.8 Å². The molecule has 0 bridgehead atoms. The van der Waals surface area contributed by atoms with Crippen LogP contribution in [0.3, 0.4) is 0 Å². The number of aliphatic carboxylic acids is 1. The topological polar surface area (TPSA) is 473 Å². The van der Waals surface area contributed by atoms with Crippen LogP contribution in [0.25, 0.3) is 0 Å². The first-order chi connectivity index (χ1) is 36.7. The molecule has 28 nitrogen and oxygen atoms in total. The summed E-state index contributed by atoms with van der Waals surface area (Å²) in [6.07, 6.45) is 2.74. The number of carboxylic acids is 1. The fraction of sp³-hybridized carbons (Fsp3) is 0.660. The van der Waals surface area contributed by atoms with Gasteiger partial charge in [-0.1, -0.05) is 71.9 Å². The van der Waals surface area contributed by atoms with E-state index in [1.165, 1.54) is 38.1 Å². The Morgan fingerprint density at radius 2 is 1.00 bits per heavy atom. The number of nitrogens with two attached hydrogens (primary N) is 5. The maximum Gasteiger partial charge on any atom is 0.303 e. The van der Waals surface area contributed by atoms with Gasteiger partial charge in [0.1, 0.15) is 48.3 Å². The monoisotopic (exact) mass is 1100 g/mol. The highest BCUT2D eigenvalue weighted by Crippen LogP contribution is 2.15. The minimum Gasteiger partial charge on any atom is -0.481 e. The number of unbranched alkanes of at least 4 members (excludes halogenated alkanes) is 3. The van der Waals surface area contributed by atoms with E-state index >= 15 is 0 Å². The average molecular weight is 1100 g/mol. The number of amides is 9. The summed E-state index contributed by atoms with van der Waals surface area (Å²) in [6.45, 7) is 10.4. The van der Waals surface area contributed by atoms with E-state index in [0.29, 0.717) is 57.1 Å². The molecule has 0 fully saturated rings. The first-order valence-electron chi connectivity index (χ1n) is 26.4. The van der Waals surface area contributed by atoms with Gasteiger partial charge in [-0.25, -0.2) is 0 Å². The molecule has 78 heavy (non-hydrogen) atoms. The zero-order valence-corrected chi connectivity index (χ0v) is 45.7. The Bertz CT molecular complexity index is 2190.